The molecule has 6 nitrogen and oxygen atoms in total. The van der Waals surface area contributed by atoms with Crippen LogP contribution in [-0.4, -0.2) is 38.9 Å². The van der Waals surface area contributed by atoms with Gasteiger partial charge >= 0.3 is 0 Å². The van der Waals surface area contributed by atoms with Gasteiger partial charge in [-0.1, -0.05) is 5.21 Å². The summed E-state index contributed by atoms with van der Waals surface area (Å²) in [5, 5.41) is 11.1. The van der Waals surface area contributed by atoms with Gasteiger partial charge in [0.15, 0.2) is 5.69 Å². The largest absolute Gasteiger partial charge is 0.312 e. The first kappa shape index (κ1) is 11.0. The standard InChI is InChI=1S/C12H13N5O/c1-8-2-9(4-13-3-8)12(18)11-7-17(16-15-11)10-5-14-6-10/h2-4,7,10,14H,5-6H2,1H3. The Balaban J connectivity index is 1.85. The van der Waals surface area contributed by atoms with Crippen LogP contribution in [0.2, 0.25) is 0 Å². The summed E-state index contributed by atoms with van der Waals surface area (Å²) in [6, 6.07) is 2.12. The predicted molar refractivity (Wildman–Crippen MR) is 64.3 cm³/mol. The van der Waals surface area contributed by atoms with Crippen molar-refractivity contribution >= 4 is 5.78 Å². The van der Waals surface area contributed by atoms with Gasteiger partial charge < -0.3 is 5.32 Å². The van der Waals surface area contributed by atoms with E-state index in [9.17, 15) is 4.79 Å². The SMILES string of the molecule is Cc1cncc(C(=O)c2cn(C3CNC3)nn2)c1. The van der Waals surface area contributed by atoms with E-state index in [0.717, 1.165) is 18.7 Å². The van der Waals surface area contributed by atoms with Crippen LogP contribution in [0, 0.1) is 6.92 Å². The number of carbonyl (C=O) groups excluding carboxylic acids is 1. The first-order chi connectivity index (χ1) is 8.74. The van der Waals surface area contributed by atoms with Crippen molar-refractivity contribution in [3.05, 3.63) is 41.5 Å². The normalized spacial score (nSPS) is 15.4. The Labute approximate surface area is 104 Å². The van der Waals surface area contributed by atoms with Gasteiger partial charge in [0.25, 0.3) is 0 Å². The van der Waals surface area contributed by atoms with Gasteiger partial charge in [-0.3, -0.25) is 9.78 Å². The van der Waals surface area contributed by atoms with Gasteiger partial charge in [-0.25, -0.2) is 4.68 Å². The van der Waals surface area contributed by atoms with Crippen LogP contribution in [0.4, 0.5) is 0 Å². The molecule has 0 bridgehead atoms. The van der Waals surface area contributed by atoms with Crippen LogP contribution in [0.5, 0.6) is 0 Å². The van der Waals surface area contributed by atoms with Crippen LogP contribution in [-0.2, 0) is 0 Å². The van der Waals surface area contributed by atoms with Gasteiger partial charge in [0.1, 0.15) is 0 Å². The number of nitrogens with one attached hydrogen (secondary N) is 1. The second-order valence-corrected chi connectivity index (χ2v) is 4.48. The Bertz CT molecular complexity index is 588. The zero-order valence-corrected chi connectivity index (χ0v) is 10.00. The highest BCUT2D eigenvalue weighted by molar-refractivity contribution is 6.07. The quantitative estimate of drug-likeness (QED) is 0.788. The molecule has 1 fully saturated rings. The molecular formula is C12H13N5O. The zero-order valence-electron chi connectivity index (χ0n) is 10.00. The lowest BCUT2D eigenvalue weighted by Crippen LogP contribution is -2.43. The number of aromatic nitrogens is 4. The summed E-state index contributed by atoms with van der Waals surface area (Å²) in [6.07, 6.45) is 4.98. The molecule has 92 valence electrons. The Hall–Kier alpha value is -2.08. The van der Waals surface area contributed by atoms with E-state index in [1.165, 1.54) is 0 Å². The number of rotatable bonds is 3. The Kier molecular flexibility index (Phi) is 2.64. The third-order valence-corrected chi connectivity index (χ3v) is 3.01. The van der Waals surface area contributed by atoms with E-state index in [1.54, 1.807) is 29.3 Å². The molecule has 0 saturated carbocycles. The van der Waals surface area contributed by atoms with Crippen LogP contribution in [0.25, 0.3) is 0 Å². The maximum atomic E-state index is 12.2. The number of hydrogen-bond donors (Lipinski definition) is 1. The van der Waals surface area contributed by atoms with Crippen LogP contribution >= 0.6 is 0 Å². The molecule has 18 heavy (non-hydrogen) atoms. The fraction of sp³-hybridized carbons (Fsp3) is 0.333. The molecule has 0 unspecified atom stereocenters. The smallest absolute Gasteiger partial charge is 0.216 e. The number of pyridine rings is 1. The maximum Gasteiger partial charge on any atom is 0.216 e. The highest BCUT2D eigenvalue weighted by atomic mass is 16.1. The van der Waals surface area contributed by atoms with Gasteiger partial charge in [0, 0.05) is 31.0 Å². The van der Waals surface area contributed by atoms with Crippen molar-refractivity contribution in [3.8, 4) is 0 Å². The molecule has 6 heteroatoms. The molecule has 0 radical (unpaired) electrons. The average Bonchev–Trinajstić information content (AvgIpc) is 2.75. The monoisotopic (exact) mass is 243 g/mol. The molecule has 1 aliphatic rings. The third-order valence-electron chi connectivity index (χ3n) is 3.01. The highest BCUT2D eigenvalue weighted by Gasteiger charge is 2.22. The highest BCUT2D eigenvalue weighted by Crippen LogP contribution is 2.12. The van der Waals surface area contributed by atoms with Crippen molar-refractivity contribution in [1.29, 1.82) is 0 Å². The van der Waals surface area contributed by atoms with Crippen LogP contribution < -0.4 is 5.32 Å². The van der Waals surface area contributed by atoms with E-state index in [2.05, 4.69) is 20.6 Å². The molecule has 1 saturated heterocycles. The topological polar surface area (TPSA) is 72.7 Å². The van der Waals surface area contributed by atoms with Crippen LogP contribution in [0.3, 0.4) is 0 Å². The molecule has 0 atom stereocenters. The second-order valence-electron chi connectivity index (χ2n) is 4.48. The number of nitrogens with zero attached hydrogens (tertiary/aromatic N) is 4. The number of aryl methyl sites for hydroxylation is 1. The van der Waals surface area contributed by atoms with Crippen molar-refractivity contribution in [2.24, 2.45) is 0 Å². The van der Waals surface area contributed by atoms with E-state index < -0.39 is 0 Å². The Morgan fingerprint density at radius 3 is 2.94 bits per heavy atom. The summed E-state index contributed by atoms with van der Waals surface area (Å²) in [5.74, 6) is -0.135. The van der Waals surface area contributed by atoms with Gasteiger partial charge in [-0.05, 0) is 18.6 Å². The van der Waals surface area contributed by atoms with Crippen molar-refractivity contribution in [3.63, 3.8) is 0 Å². The molecular weight excluding hydrogens is 230 g/mol. The second kappa shape index (κ2) is 4.30. The fourth-order valence-corrected chi connectivity index (χ4v) is 1.85. The van der Waals surface area contributed by atoms with Gasteiger partial charge in [0.05, 0.1) is 12.2 Å². The van der Waals surface area contributed by atoms with Crippen molar-refractivity contribution < 1.29 is 4.79 Å². The fourth-order valence-electron chi connectivity index (χ4n) is 1.85. The molecule has 3 heterocycles. The summed E-state index contributed by atoms with van der Waals surface area (Å²) >= 11 is 0. The number of ketones is 1. The number of carbonyl (C=O) groups is 1. The lowest BCUT2D eigenvalue weighted by molar-refractivity contribution is 0.103. The summed E-state index contributed by atoms with van der Waals surface area (Å²) in [6.45, 7) is 3.66. The summed E-state index contributed by atoms with van der Waals surface area (Å²) in [7, 11) is 0. The molecule has 2 aromatic rings. The maximum absolute atomic E-state index is 12.2. The minimum Gasteiger partial charge on any atom is -0.312 e. The molecule has 2 aromatic heterocycles. The van der Waals surface area contributed by atoms with Crippen LogP contribution in [0.15, 0.2) is 24.7 Å². The molecule has 0 aromatic carbocycles. The van der Waals surface area contributed by atoms with E-state index in [4.69, 9.17) is 0 Å². The third kappa shape index (κ3) is 1.91. The molecule has 0 spiro atoms. The average molecular weight is 243 g/mol. The number of hydrogen-bond acceptors (Lipinski definition) is 5. The predicted octanol–water partition coefficient (Wildman–Crippen LogP) is 0.357. The van der Waals surface area contributed by atoms with Crippen molar-refractivity contribution in [2.75, 3.05) is 13.1 Å². The molecule has 3 rings (SSSR count). The Morgan fingerprint density at radius 1 is 1.44 bits per heavy atom. The minimum atomic E-state index is -0.135. The zero-order chi connectivity index (χ0) is 12.5. The summed E-state index contributed by atoms with van der Waals surface area (Å²) < 4.78 is 1.74. The first-order valence-electron chi connectivity index (χ1n) is 5.83. The van der Waals surface area contributed by atoms with E-state index in [1.807, 2.05) is 6.92 Å². The van der Waals surface area contributed by atoms with Gasteiger partial charge in [-0.2, -0.15) is 0 Å². The molecule has 0 amide bonds. The lowest BCUT2D eigenvalue weighted by atomic mass is 10.1. The van der Waals surface area contributed by atoms with Gasteiger partial charge in [0.2, 0.25) is 5.78 Å². The molecule has 1 aliphatic heterocycles. The van der Waals surface area contributed by atoms with E-state index in [-0.39, 0.29) is 5.78 Å². The van der Waals surface area contributed by atoms with Crippen LogP contribution in [0.1, 0.15) is 27.7 Å². The molecule has 0 aliphatic carbocycles. The molecule has 1 N–H and O–H groups in total. The van der Waals surface area contributed by atoms with Crippen molar-refractivity contribution in [2.45, 2.75) is 13.0 Å². The van der Waals surface area contributed by atoms with Crippen molar-refractivity contribution in [1.82, 2.24) is 25.3 Å². The van der Waals surface area contributed by atoms with E-state index >= 15 is 0 Å². The minimum absolute atomic E-state index is 0.135. The van der Waals surface area contributed by atoms with Gasteiger partial charge in [-0.15, -0.1) is 5.10 Å². The Morgan fingerprint density at radius 2 is 2.28 bits per heavy atom. The summed E-state index contributed by atoms with van der Waals surface area (Å²) in [4.78, 5) is 16.2. The summed E-state index contributed by atoms with van der Waals surface area (Å²) in [5.41, 5.74) is 1.87. The lowest BCUT2D eigenvalue weighted by Gasteiger charge is -2.26. The van der Waals surface area contributed by atoms with E-state index in [0.29, 0.717) is 17.3 Å². The first-order valence-corrected chi connectivity index (χ1v) is 5.83.